The van der Waals surface area contributed by atoms with Crippen LogP contribution in [0.2, 0.25) is 0 Å². The van der Waals surface area contributed by atoms with Gasteiger partial charge in [-0.3, -0.25) is 4.98 Å². The van der Waals surface area contributed by atoms with Crippen molar-refractivity contribution in [3.63, 3.8) is 0 Å². The van der Waals surface area contributed by atoms with Crippen molar-refractivity contribution >= 4 is 0 Å². The zero-order valence-corrected chi connectivity index (χ0v) is 10.1. The van der Waals surface area contributed by atoms with Crippen LogP contribution in [0, 0.1) is 5.41 Å². The molecule has 2 aliphatic heterocycles. The van der Waals surface area contributed by atoms with E-state index < -0.39 is 0 Å². The van der Waals surface area contributed by atoms with E-state index in [0.717, 1.165) is 26.2 Å². The highest BCUT2D eigenvalue weighted by molar-refractivity contribution is 5.11. The Kier molecular flexibility index (Phi) is 3.12. The molecule has 0 amide bonds. The predicted octanol–water partition coefficient (Wildman–Crippen LogP) is 2.21. The molecule has 1 atom stereocenters. The average Bonchev–Trinajstić information content (AvgIpc) is 2.74. The van der Waals surface area contributed by atoms with Crippen LogP contribution < -0.4 is 0 Å². The molecule has 3 heterocycles. The molecule has 1 aromatic heterocycles. The zero-order chi connectivity index (χ0) is 11.6. The molecule has 0 aromatic carbocycles. The van der Waals surface area contributed by atoms with Gasteiger partial charge in [-0.25, -0.2) is 0 Å². The highest BCUT2D eigenvalue weighted by Crippen LogP contribution is 2.41. The Morgan fingerprint density at radius 3 is 2.76 bits per heavy atom. The normalized spacial score (nSPS) is 27.4. The molecule has 92 valence electrons. The molecule has 0 radical (unpaired) electrons. The molecule has 3 nitrogen and oxygen atoms in total. The van der Waals surface area contributed by atoms with Crippen molar-refractivity contribution in [3.05, 3.63) is 30.1 Å². The molecular weight excluding hydrogens is 214 g/mol. The van der Waals surface area contributed by atoms with Crippen molar-refractivity contribution in [1.29, 1.82) is 0 Å². The van der Waals surface area contributed by atoms with Crippen molar-refractivity contribution in [2.75, 3.05) is 19.8 Å². The van der Waals surface area contributed by atoms with Gasteiger partial charge in [-0.2, -0.15) is 0 Å². The Morgan fingerprint density at radius 1 is 1.24 bits per heavy atom. The second kappa shape index (κ2) is 4.75. The lowest BCUT2D eigenvalue weighted by Crippen LogP contribution is -2.30. The number of nitrogens with zero attached hydrogens (tertiary/aromatic N) is 1. The monoisotopic (exact) mass is 233 g/mol. The standard InChI is InChI=1S/C14H19NO2/c1-5-15-6-2-12(1)9-13-10-14(11-17-13)3-7-16-8-4-14/h1-2,5-6,13H,3-4,7-11H2/t13-/m0/s1. The van der Waals surface area contributed by atoms with E-state index in [4.69, 9.17) is 9.47 Å². The van der Waals surface area contributed by atoms with Crippen LogP contribution in [0.25, 0.3) is 0 Å². The number of rotatable bonds is 2. The third-order valence-electron chi connectivity index (χ3n) is 4.05. The largest absolute Gasteiger partial charge is 0.381 e. The van der Waals surface area contributed by atoms with E-state index in [-0.39, 0.29) is 0 Å². The quantitative estimate of drug-likeness (QED) is 0.784. The van der Waals surface area contributed by atoms with Crippen LogP contribution in [0.4, 0.5) is 0 Å². The first-order valence-corrected chi connectivity index (χ1v) is 6.45. The Balaban J connectivity index is 1.60. The first-order chi connectivity index (χ1) is 8.36. The summed E-state index contributed by atoms with van der Waals surface area (Å²) < 4.78 is 11.4. The lowest BCUT2D eigenvalue weighted by atomic mass is 9.78. The minimum Gasteiger partial charge on any atom is -0.381 e. The Labute approximate surface area is 102 Å². The minimum atomic E-state index is 0.385. The number of hydrogen-bond acceptors (Lipinski definition) is 3. The Morgan fingerprint density at radius 2 is 2.00 bits per heavy atom. The molecule has 2 fully saturated rings. The topological polar surface area (TPSA) is 31.4 Å². The molecule has 1 aromatic rings. The number of ether oxygens (including phenoxy) is 2. The second-order valence-electron chi connectivity index (χ2n) is 5.31. The van der Waals surface area contributed by atoms with E-state index >= 15 is 0 Å². The van der Waals surface area contributed by atoms with Crippen molar-refractivity contribution in [3.8, 4) is 0 Å². The molecule has 0 bridgehead atoms. The Hall–Kier alpha value is -0.930. The van der Waals surface area contributed by atoms with Crippen molar-refractivity contribution in [2.24, 2.45) is 5.41 Å². The fourth-order valence-electron chi connectivity index (χ4n) is 2.96. The maximum Gasteiger partial charge on any atom is 0.0621 e. The number of aromatic nitrogens is 1. The first kappa shape index (κ1) is 11.2. The van der Waals surface area contributed by atoms with Crippen LogP contribution in [-0.2, 0) is 15.9 Å². The van der Waals surface area contributed by atoms with Gasteiger partial charge in [0.2, 0.25) is 0 Å². The zero-order valence-electron chi connectivity index (χ0n) is 10.1. The summed E-state index contributed by atoms with van der Waals surface area (Å²) in [6.07, 6.45) is 8.64. The fraction of sp³-hybridized carbons (Fsp3) is 0.643. The predicted molar refractivity (Wildman–Crippen MR) is 64.8 cm³/mol. The van der Waals surface area contributed by atoms with Crippen LogP contribution in [0.15, 0.2) is 24.5 Å². The van der Waals surface area contributed by atoms with Crippen molar-refractivity contribution in [2.45, 2.75) is 31.8 Å². The van der Waals surface area contributed by atoms with Crippen LogP contribution in [0.5, 0.6) is 0 Å². The van der Waals surface area contributed by atoms with Gasteiger partial charge in [0, 0.05) is 31.0 Å². The highest BCUT2D eigenvalue weighted by atomic mass is 16.5. The molecule has 17 heavy (non-hydrogen) atoms. The van der Waals surface area contributed by atoms with E-state index in [2.05, 4.69) is 17.1 Å². The molecule has 1 spiro atoms. The van der Waals surface area contributed by atoms with E-state index in [0.29, 0.717) is 11.5 Å². The van der Waals surface area contributed by atoms with Gasteiger partial charge < -0.3 is 9.47 Å². The molecule has 3 heteroatoms. The van der Waals surface area contributed by atoms with E-state index in [1.165, 1.54) is 24.8 Å². The molecular formula is C14H19NO2. The van der Waals surface area contributed by atoms with E-state index in [1.807, 2.05) is 12.4 Å². The van der Waals surface area contributed by atoms with Crippen LogP contribution in [-0.4, -0.2) is 30.9 Å². The first-order valence-electron chi connectivity index (χ1n) is 6.45. The third-order valence-corrected chi connectivity index (χ3v) is 4.05. The third kappa shape index (κ3) is 2.50. The number of hydrogen-bond donors (Lipinski definition) is 0. The van der Waals surface area contributed by atoms with Gasteiger partial charge in [0.25, 0.3) is 0 Å². The van der Waals surface area contributed by atoms with Gasteiger partial charge in [0.05, 0.1) is 12.7 Å². The summed E-state index contributed by atoms with van der Waals surface area (Å²) in [5.41, 5.74) is 1.74. The lowest BCUT2D eigenvalue weighted by Gasteiger charge is -2.31. The average molecular weight is 233 g/mol. The van der Waals surface area contributed by atoms with E-state index in [1.54, 1.807) is 0 Å². The summed E-state index contributed by atoms with van der Waals surface area (Å²) in [5.74, 6) is 0. The maximum absolute atomic E-state index is 5.97. The van der Waals surface area contributed by atoms with Gasteiger partial charge >= 0.3 is 0 Å². The van der Waals surface area contributed by atoms with Crippen LogP contribution in [0.1, 0.15) is 24.8 Å². The molecule has 0 saturated carbocycles. The van der Waals surface area contributed by atoms with Gasteiger partial charge in [-0.15, -0.1) is 0 Å². The molecule has 0 aliphatic carbocycles. The summed E-state index contributed by atoms with van der Waals surface area (Å²) in [6, 6.07) is 4.16. The maximum atomic E-state index is 5.97. The lowest BCUT2D eigenvalue weighted by molar-refractivity contribution is 0.00699. The van der Waals surface area contributed by atoms with Crippen molar-refractivity contribution in [1.82, 2.24) is 4.98 Å². The second-order valence-corrected chi connectivity index (χ2v) is 5.31. The smallest absolute Gasteiger partial charge is 0.0621 e. The summed E-state index contributed by atoms with van der Waals surface area (Å²) in [4.78, 5) is 4.05. The molecule has 0 N–H and O–H groups in total. The van der Waals surface area contributed by atoms with Gasteiger partial charge in [0.15, 0.2) is 0 Å². The molecule has 3 rings (SSSR count). The van der Waals surface area contributed by atoms with Crippen LogP contribution >= 0.6 is 0 Å². The summed E-state index contributed by atoms with van der Waals surface area (Å²) in [7, 11) is 0. The van der Waals surface area contributed by atoms with E-state index in [9.17, 15) is 0 Å². The summed E-state index contributed by atoms with van der Waals surface area (Å²) >= 11 is 0. The van der Waals surface area contributed by atoms with Gasteiger partial charge in [0.1, 0.15) is 0 Å². The SMILES string of the molecule is c1cc(C[C@H]2CC3(CCOCC3)CO2)ccn1. The fourth-order valence-corrected chi connectivity index (χ4v) is 2.96. The molecule has 0 unspecified atom stereocenters. The van der Waals surface area contributed by atoms with Gasteiger partial charge in [-0.05, 0) is 43.4 Å². The van der Waals surface area contributed by atoms with Gasteiger partial charge in [-0.1, -0.05) is 0 Å². The highest BCUT2D eigenvalue weighted by Gasteiger charge is 2.41. The minimum absolute atomic E-state index is 0.385. The summed E-state index contributed by atoms with van der Waals surface area (Å²) in [6.45, 7) is 2.74. The van der Waals surface area contributed by atoms with Crippen LogP contribution in [0.3, 0.4) is 0 Å². The summed E-state index contributed by atoms with van der Waals surface area (Å²) in [5, 5.41) is 0. The number of pyridine rings is 1. The van der Waals surface area contributed by atoms with Crippen molar-refractivity contribution < 1.29 is 9.47 Å². The molecule has 2 saturated heterocycles. The Bertz CT molecular complexity index is 360. The molecule has 2 aliphatic rings.